The van der Waals surface area contributed by atoms with Gasteiger partial charge in [0.25, 0.3) is 5.91 Å². The number of amides is 1. The number of hydrogen-bond acceptors (Lipinski definition) is 5. The van der Waals surface area contributed by atoms with Crippen LogP contribution in [-0.2, 0) is 11.2 Å². The maximum absolute atomic E-state index is 14.4. The highest BCUT2D eigenvalue weighted by atomic mass is 19.1. The van der Waals surface area contributed by atoms with Gasteiger partial charge in [0.05, 0.1) is 29.1 Å². The maximum atomic E-state index is 14.4. The summed E-state index contributed by atoms with van der Waals surface area (Å²) in [6.45, 7) is 13.9. The van der Waals surface area contributed by atoms with Crippen molar-refractivity contribution in [3.05, 3.63) is 59.3 Å². The second-order valence-corrected chi connectivity index (χ2v) is 12.5. The Labute approximate surface area is 236 Å². The van der Waals surface area contributed by atoms with Crippen LogP contribution in [0, 0.1) is 24.6 Å². The minimum atomic E-state index is -0.411. The van der Waals surface area contributed by atoms with Crippen LogP contribution in [0.15, 0.2) is 36.8 Å². The number of ether oxygens (including phenoxy) is 1. The molecule has 0 N–H and O–H groups in total. The molecule has 6 rings (SSSR count). The van der Waals surface area contributed by atoms with Crippen molar-refractivity contribution in [1.29, 1.82) is 0 Å². The van der Waals surface area contributed by atoms with E-state index in [1.807, 2.05) is 30.8 Å². The Morgan fingerprint density at radius 3 is 2.70 bits per heavy atom. The number of rotatable bonds is 8. The highest BCUT2D eigenvalue weighted by molar-refractivity contribution is 5.99. The van der Waals surface area contributed by atoms with E-state index in [2.05, 4.69) is 34.8 Å². The molecule has 40 heavy (non-hydrogen) atoms. The molecular weight excluding hydrogens is 505 g/mol. The number of carbonyl (C=O) groups excluding carboxylic acids is 1. The number of epoxide rings is 1. The number of hydrogen-bond donors (Lipinski definition) is 0. The molecular formula is C32H42FN5O2. The first-order chi connectivity index (χ1) is 19.2. The molecule has 3 saturated heterocycles. The minimum absolute atomic E-state index is 0.00714. The number of fused-ring (bicyclic) bond motifs is 1. The van der Waals surface area contributed by atoms with E-state index in [-0.39, 0.29) is 11.9 Å². The number of carbonyl (C=O) groups is 1. The second-order valence-electron chi connectivity index (χ2n) is 12.5. The number of pyridine rings is 1. The molecule has 1 aromatic carbocycles. The van der Waals surface area contributed by atoms with E-state index in [4.69, 9.17) is 4.74 Å². The molecule has 4 atom stereocenters. The first-order valence-electron chi connectivity index (χ1n) is 14.8. The van der Waals surface area contributed by atoms with E-state index < -0.39 is 5.82 Å². The topological polar surface area (TPSA) is 57.1 Å². The second kappa shape index (κ2) is 10.9. The summed E-state index contributed by atoms with van der Waals surface area (Å²) in [6, 6.07) is 4.52. The predicted octanol–water partition coefficient (Wildman–Crippen LogP) is 4.88. The Morgan fingerprint density at radius 1 is 1.18 bits per heavy atom. The smallest absolute Gasteiger partial charge is 0.256 e. The van der Waals surface area contributed by atoms with E-state index in [1.54, 1.807) is 18.0 Å². The zero-order chi connectivity index (χ0) is 28.1. The van der Waals surface area contributed by atoms with Gasteiger partial charge in [0.15, 0.2) is 0 Å². The Hall–Kier alpha value is -2.81. The highest BCUT2D eigenvalue weighted by Gasteiger charge is 2.43. The van der Waals surface area contributed by atoms with Crippen molar-refractivity contribution in [2.24, 2.45) is 11.8 Å². The summed E-state index contributed by atoms with van der Waals surface area (Å²) < 4.78 is 22.1. The van der Waals surface area contributed by atoms with Gasteiger partial charge < -0.3 is 19.1 Å². The van der Waals surface area contributed by atoms with Crippen LogP contribution in [0.5, 0.6) is 0 Å². The number of likely N-dealkylation sites (tertiary alicyclic amines) is 2. The van der Waals surface area contributed by atoms with Gasteiger partial charge in [0.1, 0.15) is 12.0 Å². The Kier molecular flexibility index (Phi) is 7.44. The molecule has 7 nitrogen and oxygen atoms in total. The van der Waals surface area contributed by atoms with E-state index in [1.165, 1.54) is 42.5 Å². The van der Waals surface area contributed by atoms with Crippen LogP contribution in [0.3, 0.4) is 0 Å². The molecule has 0 radical (unpaired) electrons. The third kappa shape index (κ3) is 5.29. The zero-order valence-corrected chi connectivity index (χ0v) is 24.4. The molecule has 0 spiro atoms. The largest absolute Gasteiger partial charge is 0.353 e. The summed E-state index contributed by atoms with van der Waals surface area (Å²) in [5, 5.41) is 1.19. The summed E-state index contributed by atoms with van der Waals surface area (Å²) in [7, 11) is 1.77. The third-order valence-electron chi connectivity index (χ3n) is 9.28. The molecule has 2 aromatic heterocycles. The molecule has 214 valence electrons. The average Bonchev–Trinajstić information content (AvgIpc) is 3.28. The fourth-order valence-corrected chi connectivity index (χ4v) is 6.83. The standard InChI is InChI=1S/C32H42FN5O2/c1-20(2)35(5)31(39)27-13-26(33)6-7-28(27)38-19-25(30-21(3)14-34-15-29(30)38)12-23-8-10-36(16-23)17-24-9-11-37(18-24)32-22(4)40-32/h6-7,13-15,19-20,22-24,32H,8-12,16-18H2,1-5H3/t22?,23-,24+,32?/m1/s1. The van der Waals surface area contributed by atoms with Gasteiger partial charge in [0, 0.05) is 57.0 Å². The first kappa shape index (κ1) is 27.4. The predicted molar refractivity (Wildman–Crippen MR) is 155 cm³/mol. The molecule has 0 aliphatic carbocycles. The van der Waals surface area contributed by atoms with Crippen molar-refractivity contribution in [1.82, 2.24) is 24.3 Å². The molecule has 8 heteroatoms. The van der Waals surface area contributed by atoms with Crippen LogP contribution in [0.25, 0.3) is 16.6 Å². The van der Waals surface area contributed by atoms with E-state index in [0.29, 0.717) is 29.5 Å². The maximum Gasteiger partial charge on any atom is 0.256 e. The van der Waals surface area contributed by atoms with Crippen molar-refractivity contribution < 1.29 is 13.9 Å². The van der Waals surface area contributed by atoms with E-state index >= 15 is 0 Å². The molecule has 3 fully saturated rings. The van der Waals surface area contributed by atoms with Gasteiger partial charge in [-0.15, -0.1) is 0 Å². The SMILES string of the molecule is Cc1cncc2c1c(C[C@H]1CCN(C[C@@H]3CCN(C4OC4C)C3)C1)cn2-c1ccc(F)cc1C(=O)N(C)C(C)C. The van der Waals surface area contributed by atoms with Gasteiger partial charge in [-0.05, 0) is 94.7 Å². The van der Waals surface area contributed by atoms with Crippen molar-refractivity contribution in [2.75, 3.05) is 39.8 Å². The molecule has 2 unspecified atom stereocenters. The van der Waals surface area contributed by atoms with E-state index in [9.17, 15) is 9.18 Å². The molecule has 3 aliphatic heterocycles. The molecule has 1 amide bonds. The van der Waals surface area contributed by atoms with Gasteiger partial charge in [-0.3, -0.25) is 14.7 Å². The minimum Gasteiger partial charge on any atom is -0.353 e. The molecule has 0 saturated carbocycles. The fraction of sp³-hybridized carbons (Fsp3) is 0.562. The van der Waals surface area contributed by atoms with Crippen LogP contribution in [0.1, 0.15) is 55.1 Å². The molecule has 3 aromatic rings. The van der Waals surface area contributed by atoms with Crippen LogP contribution >= 0.6 is 0 Å². The first-order valence-corrected chi connectivity index (χ1v) is 14.8. The van der Waals surface area contributed by atoms with Crippen molar-refractivity contribution in [3.63, 3.8) is 0 Å². The lowest BCUT2D eigenvalue weighted by molar-refractivity contribution is 0.0754. The summed E-state index contributed by atoms with van der Waals surface area (Å²) in [4.78, 5) is 24.7. The van der Waals surface area contributed by atoms with Crippen LogP contribution in [0.2, 0.25) is 0 Å². The summed E-state index contributed by atoms with van der Waals surface area (Å²) >= 11 is 0. The quantitative estimate of drug-likeness (QED) is 0.376. The summed E-state index contributed by atoms with van der Waals surface area (Å²) in [5.41, 5.74) is 4.41. The van der Waals surface area contributed by atoms with Gasteiger partial charge in [-0.1, -0.05) is 0 Å². The van der Waals surface area contributed by atoms with Crippen LogP contribution in [-0.4, -0.2) is 88.3 Å². The zero-order valence-electron chi connectivity index (χ0n) is 24.4. The number of benzene rings is 1. The van der Waals surface area contributed by atoms with Gasteiger partial charge in [-0.2, -0.15) is 0 Å². The Bertz CT molecular complexity index is 1400. The Morgan fingerprint density at radius 2 is 1.95 bits per heavy atom. The Balaban J connectivity index is 1.23. The lowest BCUT2D eigenvalue weighted by atomic mass is 9.97. The molecule has 0 bridgehead atoms. The lowest BCUT2D eigenvalue weighted by Gasteiger charge is -2.23. The molecule has 5 heterocycles. The average molecular weight is 548 g/mol. The van der Waals surface area contributed by atoms with Crippen LogP contribution in [0.4, 0.5) is 4.39 Å². The summed E-state index contributed by atoms with van der Waals surface area (Å²) in [5.74, 6) is 0.708. The van der Waals surface area contributed by atoms with Gasteiger partial charge in [-0.25, -0.2) is 4.39 Å². The number of aryl methyl sites for hydroxylation is 1. The number of aromatic nitrogens is 2. The van der Waals surface area contributed by atoms with Gasteiger partial charge in [0.2, 0.25) is 0 Å². The van der Waals surface area contributed by atoms with Gasteiger partial charge >= 0.3 is 0 Å². The van der Waals surface area contributed by atoms with Crippen LogP contribution < -0.4 is 0 Å². The van der Waals surface area contributed by atoms with E-state index in [0.717, 1.165) is 49.6 Å². The van der Waals surface area contributed by atoms with Crippen molar-refractivity contribution in [2.45, 2.75) is 65.3 Å². The van der Waals surface area contributed by atoms with Crippen molar-refractivity contribution in [3.8, 4) is 5.69 Å². The normalized spacial score (nSPS) is 25.4. The number of halogens is 1. The highest BCUT2D eigenvalue weighted by Crippen LogP contribution is 2.34. The number of nitrogens with zero attached hydrogens (tertiary/aromatic N) is 5. The van der Waals surface area contributed by atoms with Crippen molar-refractivity contribution >= 4 is 16.8 Å². The fourth-order valence-electron chi connectivity index (χ4n) is 6.83. The molecule has 3 aliphatic rings. The summed E-state index contributed by atoms with van der Waals surface area (Å²) in [6.07, 6.45) is 10.1. The third-order valence-corrected chi connectivity index (χ3v) is 9.28. The lowest BCUT2D eigenvalue weighted by Crippen LogP contribution is -2.33. The monoisotopic (exact) mass is 547 g/mol.